The van der Waals surface area contributed by atoms with Gasteiger partial charge in [0, 0.05) is 16.6 Å². The minimum atomic E-state index is -3.63. The zero-order chi connectivity index (χ0) is 15.2. The third kappa shape index (κ3) is 7.09. The molecule has 1 atom stereocenters. The molecule has 0 amide bonds. The zero-order valence-corrected chi connectivity index (χ0v) is 12.9. The van der Waals surface area contributed by atoms with E-state index >= 15 is 0 Å². The van der Waals surface area contributed by atoms with Gasteiger partial charge >= 0.3 is 0 Å². The third-order valence-corrected chi connectivity index (χ3v) is 3.09. The van der Waals surface area contributed by atoms with Crippen molar-refractivity contribution < 1.29 is 21.7 Å². The van der Waals surface area contributed by atoms with E-state index in [-0.39, 0.29) is 23.8 Å². The Balaban J connectivity index is 2.69. The summed E-state index contributed by atoms with van der Waals surface area (Å²) in [5, 5.41) is 0.182. The molecule has 0 aromatic heterocycles. The number of rotatable bonds is 7. The molecule has 0 saturated heterocycles. The van der Waals surface area contributed by atoms with Crippen molar-refractivity contribution in [2.45, 2.75) is 12.5 Å². The molecule has 112 valence electrons. The van der Waals surface area contributed by atoms with Crippen LogP contribution in [0.4, 0.5) is 4.39 Å². The van der Waals surface area contributed by atoms with E-state index in [4.69, 9.17) is 32.1 Å². The van der Waals surface area contributed by atoms with Crippen LogP contribution in [0.25, 0.3) is 0 Å². The van der Waals surface area contributed by atoms with Gasteiger partial charge in [-0.2, -0.15) is 8.42 Å². The Hall–Kier alpha value is -0.820. The van der Waals surface area contributed by atoms with Crippen LogP contribution in [0.15, 0.2) is 29.8 Å². The average Bonchev–Trinajstić information content (AvgIpc) is 2.30. The number of hydrogen-bond acceptors (Lipinski definition) is 4. The molecule has 1 rings (SSSR count). The highest BCUT2D eigenvalue weighted by Gasteiger charge is 2.15. The maximum atomic E-state index is 13.1. The second-order valence-electron chi connectivity index (χ2n) is 3.94. The van der Waals surface area contributed by atoms with E-state index in [1.54, 1.807) is 0 Å². The van der Waals surface area contributed by atoms with E-state index in [1.807, 2.05) is 0 Å². The molecular formula is C12H13Cl2FO4S. The molecule has 0 aliphatic carbocycles. The lowest BCUT2D eigenvalue weighted by molar-refractivity contribution is 0.137. The van der Waals surface area contributed by atoms with Crippen LogP contribution in [0.1, 0.15) is 6.42 Å². The van der Waals surface area contributed by atoms with Crippen LogP contribution < -0.4 is 4.74 Å². The fraction of sp³-hybridized carbons (Fsp3) is 0.333. The molecule has 1 unspecified atom stereocenters. The molecule has 0 spiro atoms. The van der Waals surface area contributed by atoms with Gasteiger partial charge in [0.15, 0.2) is 0 Å². The molecule has 0 radical (unpaired) electrons. The molecule has 0 fully saturated rings. The molecule has 0 aliphatic rings. The van der Waals surface area contributed by atoms with Crippen molar-refractivity contribution in [2.75, 3.05) is 12.9 Å². The smallest absolute Gasteiger partial charge is 0.264 e. The number of hydrogen-bond donors (Lipinski definition) is 0. The Kier molecular flexibility index (Phi) is 6.75. The Morgan fingerprint density at radius 3 is 2.65 bits per heavy atom. The summed E-state index contributed by atoms with van der Waals surface area (Å²) in [6, 6.07) is 3.69. The van der Waals surface area contributed by atoms with Crippen LogP contribution in [0, 0.1) is 5.82 Å². The highest BCUT2D eigenvalue weighted by atomic mass is 35.5. The molecule has 0 bridgehead atoms. The molecule has 0 N–H and O–H groups in total. The lowest BCUT2D eigenvalue weighted by Gasteiger charge is -2.15. The molecule has 0 aliphatic heterocycles. The van der Waals surface area contributed by atoms with Crippen LogP contribution in [-0.2, 0) is 14.3 Å². The summed E-state index contributed by atoms with van der Waals surface area (Å²) in [5.74, 6) is -0.360. The Morgan fingerprint density at radius 1 is 1.40 bits per heavy atom. The van der Waals surface area contributed by atoms with Gasteiger partial charge in [-0.05, 0) is 18.6 Å². The van der Waals surface area contributed by atoms with Crippen LogP contribution in [-0.4, -0.2) is 27.4 Å². The van der Waals surface area contributed by atoms with Gasteiger partial charge in [0.1, 0.15) is 24.3 Å². The predicted molar refractivity (Wildman–Crippen MR) is 76.2 cm³/mol. The largest absolute Gasteiger partial charge is 0.491 e. The fourth-order valence-electron chi connectivity index (χ4n) is 1.39. The Labute approximate surface area is 127 Å². The van der Waals surface area contributed by atoms with Crippen molar-refractivity contribution in [3.8, 4) is 5.75 Å². The second kappa shape index (κ2) is 7.83. The number of halogens is 3. The molecule has 20 heavy (non-hydrogen) atoms. The SMILES string of the molecule is CS(=O)(=O)OC(C/C=C\Cl)COc1cc(F)cc(Cl)c1. The highest BCUT2D eigenvalue weighted by Crippen LogP contribution is 2.20. The van der Waals surface area contributed by atoms with Crippen molar-refractivity contribution >= 4 is 33.3 Å². The van der Waals surface area contributed by atoms with Gasteiger partial charge in [-0.25, -0.2) is 4.39 Å². The van der Waals surface area contributed by atoms with Crippen molar-refractivity contribution in [3.63, 3.8) is 0 Å². The van der Waals surface area contributed by atoms with E-state index in [2.05, 4.69) is 0 Å². The average molecular weight is 343 g/mol. The third-order valence-electron chi connectivity index (χ3n) is 2.07. The maximum Gasteiger partial charge on any atom is 0.264 e. The lowest BCUT2D eigenvalue weighted by atomic mass is 10.2. The van der Waals surface area contributed by atoms with E-state index < -0.39 is 22.0 Å². The first-order chi connectivity index (χ1) is 9.30. The van der Waals surface area contributed by atoms with Gasteiger partial charge in [-0.3, -0.25) is 4.18 Å². The molecule has 0 heterocycles. The van der Waals surface area contributed by atoms with Gasteiger partial charge in [0.05, 0.1) is 6.26 Å². The van der Waals surface area contributed by atoms with E-state index in [9.17, 15) is 12.8 Å². The normalized spacial score (nSPS) is 13.6. The van der Waals surface area contributed by atoms with Gasteiger partial charge in [0.25, 0.3) is 10.1 Å². The van der Waals surface area contributed by atoms with Crippen molar-refractivity contribution in [1.29, 1.82) is 0 Å². The number of ether oxygens (including phenoxy) is 1. The topological polar surface area (TPSA) is 52.6 Å². The first kappa shape index (κ1) is 17.2. The molecule has 4 nitrogen and oxygen atoms in total. The minimum Gasteiger partial charge on any atom is -0.491 e. The van der Waals surface area contributed by atoms with Crippen molar-refractivity contribution in [3.05, 3.63) is 40.7 Å². The Bertz CT molecular complexity index is 555. The van der Waals surface area contributed by atoms with Crippen LogP contribution in [0.2, 0.25) is 5.02 Å². The zero-order valence-electron chi connectivity index (χ0n) is 10.6. The van der Waals surface area contributed by atoms with E-state index in [0.717, 1.165) is 18.4 Å². The van der Waals surface area contributed by atoms with Gasteiger partial charge in [0.2, 0.25) is 0 Å². The first-order valence-corrected chi connectivity index (χ1v) is 8.15. The van der Waals surface area contributed by atoms with E-state index in [1.165, 1.54) is 17.7 Å². The molecule has 1 aromatic carbocycles. The second-order valence-corrected chi connectivity index (χ2v) is 6.23. The first-order valence-electron chi connectivity index (χ1n) is 5.52. The van der Waals surface area contributed by atoms with Crippen LogP contribution in [0.3, 0.4) is 0 Å². The summed E-state index contributed by atoms with van der Waals surface area (Å²) in [4.78, 5) is 0. The predicted octanol–water partition coefficient (Wildman–Crippen LogP) is 3.35. The summed E-state index contributed by atoms with van der Waals surface area (Å²) in [5.41, 5.74) is 1.25. The fourth-order valence-corrected chi connectivity index (χ4v) is 2.33. The summed E-state index contributed by atoms with van der Waals surface area (Å²) < 4.78 is 45.4. The van der Waals surface area contributed by atoms with Gasteiger partial charge in [-0.1, -0.05) is 29.3 Å². The summed E-state index contributed by atoms with van der Waals surface area (Å²) in [6.07, 6.45) is 1.93. The van der Waals surface area contributed by atoms with Gasteiger partial charge in [-0.15, -0.1) is 0 Å². The van der Waals surface area contributed by atoms with Crippen molar-refractivity contribution in [1.82, 2.24) is 0 Å². The van der Waals surface area contributed by atoms with E-state index in [0.29, 0.717) is 0 Å². The maximum absolute atomic E-state index is 13.1. The highest BCUT2D eigenvalue weighted by molar-refractivity contribution is 7.86. The van der Waals surface area contributed by atoms with Gasteiger partial charge < -0.3 is 4.74 Å². The minimum absolute atomic E-state index is 0.0892. The van der Waals surface area contributed by atoms with Crippen LogP contribution in [0.5, 0.6) is 5.75 Å². The standard InChI is InChI=1S/C12H13Cl2FO4S/c1-20(16,17)19-11(3-2-4-13)8-18-12-6-9(14)5-10(15)7-12/h2,4-7,11H,3,8H2,1H3/b4-2-. The Morgan fingerprint density at radius 2 is 2.10 bits per heavy atom. The number of benzene rings is 1. The molecule has 8 heteroatoms. The molecular weight excluding hydrogens is 330 g/mol. The monoisotopic (exact) mass is 342 g/mol. The summed E-state index contributed by atoms with van der Waals surface area (Å²) >= 11 is 11.1. The summed E-state index contributed by atoms with van der Waals surface area (Å²) in [7, 11) is -3.63. The van der Waals surface area contributed by atoms with Crippen molar-refractivity contribution in [2.24, 2.45) is 0 Å². The quantitative estimate of drug-likeness (QED) is 0.713. The summed E-state index contributed by atoms with van der Waals surface area (Å²) in [6.45, 7) is -0.0892. The molecule has 0 saturated carbocycles. The van der Waals surface area contributed by atoms with Crippen LogP contribution >= 0.6 is 23.2 Å². The lowest BCUT2D eigenvalue weighted by Crippen LogP contribution is -2.24. The molecule has 1 aromatic rings.